The molecule has 0 bridgehead atoms. The largest absolute Gasteiger partial charge is 0.269 e. The van der Waals surface area contributed by atoms with Crippen molar-refractivity contribution in [1.29, 1.82) is 0 Å². The number of hydrogen-bond acceptors (Lipinski definition) is 3. The second-order valence-corrected chi connectivity index (χ2v) is 11.2. The molecule has 4 rings (SSSR count). The Kier molecular flexibility index (Phi) is 6.94. The quantitative estimate of drug-likeness (QED) is 0.158. The molecule has 0 aromatic heterocycles. The molecule has 0 unspecified atom stereocenters. The Labute approximate surface area is 188 Å². The number of nitrogens with zero attached hydrogens (tertiary/aromatic N) is 2. The molecular formula is C27H25N2O2P. The van der Waals surface area contributed by atoms with E-state index in [4.69, 9.17) is 4.74 Å². The van der Waals surface area contributed by atoms with E-state index >= 15 is 0 Å². The van der Waals surface area contributed by atoms with E-state index in [9.17, 15) is 10.1 Å². The normalized spacial score (nSPS) is 11.1. The Morgan fingerprint density at radius 2 is 0.969 bits per heavy atom. The maximum absolute atomic E-state index is 11.1. The van der Waals surface area contributed by atoms with Crippen LogP contribution in [0.3, 0.4) is 0 Å². The lowest BCUT2D eigenvalue weighted by molar-refractivity contribution is -0.384. The van der Waals surface area contributed by atoms with Crippen molar-refractivity contribution in [3.63, 3.8) is 0 Å². The molecule has 0 fully saturated rings. The highest BCUT2D eigenvalue weighted by molar-refractivity contribution is 7.64. The van der Waals surface area contributed by atoms with Gasteiger partial charge in [0.2, 0.25) is 0 Å². The molecule has 0 saturated carbocycles. The van der Waals surface area contributed by atoms with Crippen LogP contribution in [-0.2, 0) is 18.5 Å². The van der Waals surface area contributed by atoms with E-state index in [0.717, 1.165) is 24.2 Å². The molecule has 0 heterocycles. The number of non-ortho nitro benzene ring substituents is 1. The topological polar surface area (TPSA) is 55.5 Å². The van der Waals surface area contributed by atoms with E-state index in [-0.39, 0.29) is 10.6 Å². The fourth-order valence-electron chi connectivity index (χ4n) is 3.93. The van der Waals surface area contributed by atoms with E-state index < -0.39 is 7.05 Å². The predicted octanol–water partition coefficient (Wildman–Crippen LogP) is 8.03. The number of nitro groups is 1. The van der Waals surface area contributed by atoms with Crippen molar-refractivity contribution in [3.05, 3.63) is 142 Å². The molecule has 4 nitrogen and oxygen atoms in total. The van der Waals surface area contributed by atoms with Gasteiger partial charge in [0, 0.05) is 30.6 Å². The van der Waals surface area contributed by atoms with Gasteiger partial charge < -0.3 is 0 Å². The van der Waals surface area contributed by atoms with Gasteiger partial charge in [-0.25, -0.2) is 0 Å². The molecule has 32 heavy (non-hydrogen) atoms. The second kappa shape index (κ2) is 10.2. The molecule has 0 atom stereocenters. The number of rotatable bonds is 8. The van der Waals surface area contributed by atoms with Crippen molar-refractivity contribution < 1.29 is 4.92 Å². The van der Waals surface area contributed by atoms with Gasteiger partial charge in [-0.1, -0.05) is 91.0 Å². The average Bonchev–Trinajstić information content (AvgIpc) is 2.81. The predicted molar refractivity (Wildman–Crippen MR) is 133 cm³/mol. The van der Waals surface area contributed by atoms with Gasteiger partial charge >= 0.3 is 0 Å². The zero-order valence-electron chi connectivity index (χ0n) is 17.7. The van der Waals surface area contributed by atoms with Gasteiger partial charge in [-0.3, -0.25) is 14.9 Å². The second-order valence-electron chi connectivity index (χ2n) is 7.90. The maximum Gasteiger partial charge on any atom is 0.269 e. The minimum atomic E-state index is -1.97. The summed E-state index contributed by atoms with van der Waals surface area (Å²) in [6, 6.07) is 38.1. The first-order valence-corrected chi connectivity index (χ1v) is 12.9. The van der Waals surface area contributed by atoms with Crippen LogP contribution >= 0.6 is 7.05 Å². The molecule has 4 aromatic carbocycles. The fraction of sp³-hybridized carbons (Fsp3) is 0.111. The maximum atomic E-state index is 11.1. The van der Waals surface area contributed by atoms with Crippen LogP contribution in [0.25, 0.3) is 0 Å². The van der Waals surface area contributed by atoms with E-state index in [1.54, 1.807) is 24.3 Å². The molecule has 5 heteroatoms. The molecular weight excluding hydrogens is 415 g/mol. The van der Waals surface area contributed by atoms with Gasteiger partial charge in [0.25, 0.3) is 5.69 Å². The highest BCUT2D eigenvalue weighted by atomic mass is 31.2. The first kappa shape index (κ1) is 21.7. The van der Waals surface area contributed by atoms with Crippen LogP contribution in [0.5, 0.6) is 0 Å². The van der Waals surface area contributed by atoms with E-state index in [0.29, 0.717) is 0 Å². The molecule has 0 spiro atoms. The molecule has 4 aromatic rings. The summed E-state index contributed by atoms with van der Waals surface area (Å²) in [7, 11) is -1.97. The molecule has 0 saturated heterocycles. The highest BCUT2D eigenvalue weighted by Gasteiger charge is 2.22. The Hall–Kier alpha value is -3.49. The number of nitro benzene ring substituents is 1. The van der Waals surface area contributed by atoms with Crippen molar-refractivity contribution in [1.82, 2.24) is 0 Å². The monoisotopic (exact) mass is 440 g/mol. The third-order valence-electron chi connectivity index (χ3n) is 5.35. The van der Waals surface area contributed by atoms with Crippen LogP contribution in [0.1, 0.15) is 16.7 Å². The lowest BCUT2D eigenvalue weighted by Gasteiger charge is -2.26. The summed E-state index contributed by atoms with van der Waals surface area (Å²) in [4.78, 5) is 10.7. The summed E-state index contributed by atoms with van der Waals surface area (Å²) < 4.78 is 5.36. The average molecular weight is 440 g/mol. The standard InChI is InChI=1S/C27H25N2O2P/c30-29(31)27-18-16-26(17-19-27)28-32(20-23-10-4-1-5-11-23,21-24-12-6-2-7-13-24)22-25-14-8-3-9-15-25/h1-19H,20-22H2. The van der Waals surface area contributed by atoms with Crippen molar-refractivity contribution in [3.8, 4) is 0 Å². The van der Waals surface area contributed by atoms with Gasteiger partial charge in [-0.15, -0.1) is 0 Å². The van der Waals surface area contributed by atoms with Crippen LogP contribution in [0.4, 0.5) is 11.4 Å². The van der Waals surface area contributed by atoms with E-state index in [2.05, 4.69) is 72.8 Å². The van der Waals surface area contributed by atoms with Crippen LogP contribution < -0.4 is 0 Å². The van der Waals surface area contributed by atoms with Gasteiger partial charge in [-0.2, -0.15) is 0 Å². The van der Waals surface area contributed by atoms with Crippen molar-refractivity contribution in [2.24, 2.45) is 4.74 Å². The summed E-state index contributed by atoms with van der Waals surface area (Å²) in [5, 5.41) is 11.1. The third kappa shape index (κ3) is 5.81. The lowest BCUT2D eigenvalue weighted by Crippen LogP contribution is -1.98. The number of hydrogen-bond donors (Lipinski definition) is 0. The Morgan fingerprint density at radius 3 is 1.31 bits per heavy atom. The van der Waals surface area contributed by atoms with Gasteiger partial charge in [0.05, 0.1) is 10.6 Å². The zero-order chi connectivity index (χ0) is 22.2. The van der Waals surface area contributed by atoms with Crippen molar-refractivity contribution in [2.45, 2.75) is 18.5 Å². The summed E-state index contributed by atoms with van der Waals surface area (Å²) in [6.07, 6.45) is 2.61. The summed E-state index contributed by atoms with van der Waals surface area (Å²) in [5.41, 5.74) is 4.67. The Bertz CT molecular complexity index is 1100. The van der Waals surface area contributed by atoms with Crippen LogP contribution in [0.15, 0.2) is 120 Å². The van der Waals surface area contributed by atoms with E-state index in [1.165, 1.54) is 16.7 Å². The SMILES string of the molecule is O=[N+]([O-])c1ccc(N=P(Cc2ccccc2)(Cc2ccccc2)Cc2ccccc2)cc1. The van der Waals surface area contributed by atoms with Crippen LogP contribution in [0, 0.1) is 10.1 Å². The molecule has 0 N–H and O–H groups in total. The molecule has 0 radical (unpaired) electrons. The summed E-state index contributed by atoms with van der Waals surface area (Å²) in [5.74, 6) is 0. The van der Waals surface area contributed by atoms with Gasteiger partial charge in [0.1, 0.15) is 0 Å². The molecule has 160 valence electrons. The number of benzene rings is 4. The molecule has 0 aliphatic heterocycles. The Morgan fingerprint density at radius 1 is 0.594 bits per heavy atom. The van der Waals surface area contributed by atoms with E-state index in [1.807, 2.05) is 18.2 Å². The van der Waals surface area contributed by atoms with Crippen LogP contribution in [-0.4, -0.2) is 4.92 Å². The van der Waals surface area contributed by atoms with Gasteiger partial charge in [0.15, 0.2) is 0 Å². The minimum absolute atomic E-state index is 0.0852. The first-order valence-electron chi connectivity index (χ1n) is 10.6. The molecule has 0 amide bonds. The third-order valence-corrected chi connectivity index (χ3v) is 8.86. The lowest BCUT2D eigenvalue weighted by atomic mass is 10.2. The molecule has 0 aliphatic carbocycles. The van der Waals surface area contributed by atoms with Crippen molar-refractivity contribution in [2.75, 3.05) is 0 Å². The molecule has 0 aliphatic rings. The Balaban J connectivity index is 1.84. The smallest absolute Gasteiger partial charge is 0.267 e. The summed E-state index contributed by atoms with van der Waals surface area (Å²) in [6.45, 7) is 0. The summed E-state index contributed by atoms with van der Waals surface area (Å²) >= 11 is 0. The van der Waals surface area contributed by atoms with Crippen LogP contribution in [0.2, 0.25) is 0 Å². The highest BCUT2D eigenvalue weighted by Crippen LogP contribution is 2.60. The van der Waals surface area contributed by atoms with Gasteiger partial charge in [-0.05, 0) is 35.9 Å². The minimum Gasteiger partial charge on any atom is -0.267 e. The van der Waals surface area contributed by atoms with Crippen molar-refractivity contribution >= 4 is 18.4 Å². The first-order chi connectivity index (χ1) is 15.6. The fourth-order valence-corrected chi connectivity index (χ4v) is 7.77. The zero-order valence-corrected chi connectivity index (χ0v) is 18.6.